The summed E-state index contributed by atoms with van der Waals surface area (Å²) in [5.41, 5.74) is 3.97. The van der Waals surface area contributed by atoms with E-state index in [1.54, 1.807) is 19.3 Å². The molecule has 2 aromatic carbocycles. The van der Waals surface area contributed by atoms with E-state index in [2.05, 4.69) is 16.5 Å². The van der Waals surface area contributed by atoms with Crippen LogP contribution in [0.5, 0.6) is 11.5 Å². The monoisotopic (exact) mass is 419 g/mol. The summed E-state index contributed by atoms with van der Waals surface area (Å²) >= 11 is 0. The summed E-state index contributed by atoms with van der Waals surface area (Å²) in [7, 11) is 1.64. The fourth-order valence-electron chi connectivity index (χ4n) is 3.27. The number of para-hydroxylation sites is 1. The second-order valence-electron chi connectivity index (χ2n) is 7.30. The van der Waals surface area contributed by atoms with Gasteiger partial charge in [0, 0.05) is 30.4 Å². The number of aryl methyl sites for hydroxylation is 3. The molecule has 0 aliphatic heterocycles. The van der Waals surface area contributed by atoms with E-state index in [1.165, 1.54) is 0 Å². The maximum atomic E-state index is 12.1. The van der Waals surface area contributed by atoms with Gasteiger partial charge in [-0.15, -0.1) is 0 Å². The Morgan fingerprint density at radius 1 is 1.13 bits per heavy atom. The van der Waals surface area contributed by atoms with Crippen LogP contribution in [0.1, 0.15) is 28.9 Å². The third kappa shape index (κ3) is 6.74. The first-order valence-corrected chi connectivity index (χ1v) is 10.4. The minimum absolute atomic E-state index is 0.119. The Labute approximate surface area is 183 Å². The molecule has 0 saturated carbocycles. The van der Waals surface area contributed by atoms with Gasteiger partial charge in [-0.3, -0.25) is 9.48 Å². The minimum atomic E-state index is -0.119. The predicted octanol–water partition coefficient (Wildman–Crippen LogP) is 4.31. The molecular formula is C25H29N3O3. The van der Waals surface area contributed by atoms with Gasteiger partial charge in [-0.1, -0.05) is 24.3 Å². The van der Waals surface area contributed by atoms with Crippen molar-refractivity contribution in [3.05, 3.63) is 83.2 Å². The molecule has 0 saturated heterocycles. The van der Waals surface area contributed by atoms with Crippen LogP contribution < -0.4 is 14.8 Å². The van der Waals surface area contributed by atoms with Crippen LogP contribution in [-0.2, 0) is 17.9 Å². The molecule has 0 aliphatic rings. The molecule has 6 nitrogen and oxygen atoms in total. The Balaban J connectivity index is 1.50. The summed E-state index contributed by atoms with van der Waals surface area (Å²) in [5, 5.41) is 7.35. The number of hydrogen-bond acceptors (Lipinski definition) is 4. The molecule has 0 spiro atoms. The van der Waals surface area contributed by atoms with Gasteiger partial charge in [-0.05, 0) is 62.2 Å². The van der Waals surface area contributed by atoms with Crippen molar-refractivity contribution in [1.29, 1.82) is 0 Å². The molecule has 0 unspecified atom stereocenters. The van der Waals surface area contributed by atoms with Crippen molar-refractivity contribution in [2.75, 3.05) is 13.7 Å². The second kappa shape index (κ2) is 11.0. The number of methoxy groups -OCH3 is 1. The van der Waals surface area contributed by atoms with E-state index in [0.29, 0.717) is 13.2 Å². The second-order valence-corrected chi connectivity index (χ2v) is 7.30. The zero-order valence-corrected chi connectivity index (χ0v) is 18.3. The topological polar surface area (TPSA) is 65.4 Å². The third-order valence-electron chi connectivity index (χ3n) is 4.82. The number of nitrogens with zero attached hydrogens (tertiary/aromatic N) is 2. The Kier molecular flexibility index (Phi) is 7.87. The van der Waals surface area contributed by atoms with Crippen LogP contribution in [0.15, 0.2) is 60.7 Å². The van der Waals surface area contributed by atoms with Crippen molar-refractivity contribution in [2.45, 2.75) is 33.4 Å². The molecular weight excluding hydrogens is 390 g/mol. The van der Waals surface area contributed by atoms with Crippen molar-refractivity contribution >= 4 is 12.0 Å². The van der Waals surface area contributed by atoms with E-state index in [-0.39, 0.29) is 5.91 Å². The highest BCUT2D eigenvalue weighted by Gasteiger charge is 2.06. The Hall–Kier alpha value is -3.54. The minimum Gasteiger partial charge on any atom is -0.496 e. The zero-order valence-electron chi connectivity index (χ0n) is 18.3. The van der Waals surface area contributed by atoms with Gasteiger partial charge in [0.25, 0.3) is 0 Å². The standard InChI is InChI=1S/C25H29N3O3/c1-19-16-20(2)28(27-19)15-7-14-26-25(29)13-11-21-10-12-24(30-3)22(17-21)18-31-23-8-5-4-6-9-23/h4-6,8-13,16-17H,7,14-15,18H2,1-3H3,(H,26,29)/b13-11+. The van der Waals surface area contributed by atoms with Gasteiger partial charge in [-0.2, -0.15) is 5.10 Å². The lowest BCUT2D eigenvalue weighted by Crippen LogP contribution is -2.23. The molecule has 3 rings (SSSR count). The molecule has 0 radical (unpaired) electrons. The average Bonchev–Trinajstić information content (AvgIpc) is 3.11. The molecule has 6 heteroatoms. The molecule has 1 heterocycles. The molecule has 3 aromatic rings. The Morgan fingerprint density at radius 3 is 2.65 bits per heavy atom. The molecule has 0 fully saturated rings. The SMILES string of the molecule is COc1ccc(/C=C/C(=O)NCCCn2nc(C)cc2C)cc1COc1ccccc1. The Morgan fingerprint density at radius 2 is 1.94 bits per heavy atom. The van der Waals surface area contributed by atoms with Crippen molar-refractivity contribution in [1.82, 2.24) is 15.1 Å². The number of nitrogens with one attached hydrogen (secondary N) is 1. The molecule has 162 valence electrons. The van der Waals surface area contributed by atoms with Crippen LogP contribution in [0.25, 0.3) is 6.08 Å². The van der Waals surface area contributed by atoms with Crippen LogP contribution >= 0.6 is 0 Å². The number of hydrogen-bond donors (Lipinski definition) is 1. The molecule has 1 aromatic heterocycles. The highest BCUT2D eigenvalue weighted by atomic mass is 16.5. The highest BCUT2D eigenvalue weighted by molar-refractivity contribution is 5.91. The number of carbonyl (C=O) groups excluding carboxylic acids is 1. The molecule has 0 atom stereocenters. The van der Waals surface area contributed by atoms with Gasteiger partial charge >= 0.3 is 0 Å². The van der Waals surface area contributed by atoms with Gasteiger partial charge < -0.3 is 14.8 Å². The van der Waals surface area contributed by atoms with Crippen LogP contribution in [0, 0.1) is 13.8 Å². The van der Waals surface area contributed by atoms with Crippen LogP contribution in [-0.4, -0.2) is 29.3 Å². The number of rotatable bonds is 10. The summed E-state index contributed by atoms with van der Waals surface area (Å²) in [6.45, 7) is 5.78. The number of aromatic nitrogens is 2. The van der Waals surface area contributed by atoms with Gasteiger partial charge in [0.15, 0.2) is 0 Å². The van der Waals surface area contributed by atoms with E-state index >= 15 is 0 Å². The molecule has 0 bridgehead atoms. The van der Waals surface area contributed by atoms with Crippen molar-refractivity contribution in [2.24, 2.45) is 0 Å². The molecule has 1 amide bonds. The summed E-state index contributed by atoms with van der Waals surface area (Å²) in [4.78, 5) is 12.1. The first-order chi connectivity index (χ1) is 15.0. The lowest BCUT2D eigenvalue weighted by atomic mass is 10.1. The van der Waals surface area contributed by atoms with Crippen molar-refractivity contribution < 1.29 is 14.3 Å². The molecule has 31 heavy (non-hydrogen) atoms. The number of benzene rings is 2. The molecule has 1 N–H and O–H groups in total. The van der Waals surface area contributed by atoms with Gasteiger partial charge in [0.1, 0.15) is 18.1 Å². The fraction of sp³-hybridized carbons (Fsp3) is 0.280. The smallest absolute Gasteiger partial charge is 0.244 e. The Bertz CT molecular complexity index is 1030. The van der Waals surface area contributed by atoms with E-state index in [9.17, 15) is 4.79 Å². The first-order valence-electron chi connectivity index (χ1n) is 10.4. The van der Waals surface area contributed by atoms with Gasteiger partial charge in [-0.25, -0.2) is 0 Å². The number of ether oxygens (including phenoxy) is 2. The lowest BCUT2D eigenvalue weighted by Gasteiger charge is -2.11. The summed E-state index contributed by atoms with van der Waals surface area (Å²) < 4.78 is 13.2. The van der Waals surface area contributed by atoms with Crippen molar-refractivity contribution in [3.63, 3.8) is 0 Å². The van der Waals surface area contributed by atoms with E-state index in [0.717, 1.165) is 47.0 Å². The number of carbonyl (C=O) groups is 1. The third-order valence-corrected chi connectivity index (χ3v) is 4.82. The van der Waals surface area contributed by atoms with E-state index < -0.39 is 0 Å². The van der Waals surface area contributed by atoms with E-state index in [4.69, 9.17) is 9.47 Å². The van der Waals surface area contributed by atoms with Crippen LogP contribution in [0.4, 0.5) is 0 Å². The predicted molar refractivity (Wildman–Crippen MR) is 122 cm³/mol. The van der Waals surface area contributed by atoms with Gasteiger partial charge in [0.05, 0.1) is 12.8 Å². The fourth-order valence-corrected chi connectivity index (χ4v) is 3.27. The summed E-state index contributed by atoms with van der Waals surface area (Å²) in [6.07, 6.45) is 4.17. The summed E-state index contributed by atoms with van der Waals surface area (Å²) in [5.74, 6) is 1.43. The largest absolute Gasteiger partial charge is 0.496 e. The van der Waals surface area contributed by atoms with Gasteiger partial charge in [0.2, 0.25) is 5.91 Å². The van der Waals surface area contributed by atoms with Crippen LogP contribution in [0.3, 0.4) is 0 Å². The highest BCUT2D eigenvalue weighted by Crippen LogP contribution is 2.22. The normalized spacial score (nSPS) is 10.9. The van der Waals surface area contributed by atoms with E-state index in [1.807, 2.05) is 67.1 Å². The van der Waals surface area contributed by atoms with Crippen LogP contribution in [0.2, 0.25) is 0 Å². The lowest BCUT2D eigenvalue weighted by molar-refractivity contribution is -0.116. The van der Waals surface area contributed by atoms with Crippen molar-refractivity contribution in [3.8, 4) is 11.5 Å². The zero-order chi connectivity index (χ0) is 22.1. The maximum Gasteiger partial charge on any atom is 0.244 e. The molecule has 0 aliphatic carbocycles. The quantitative estimate of drug-likeness (QED) is 0.393. The maximum absolute atomic E-state index is 12.1. The average molecular weight is 420 g/mol. The number of amides is 1. The first kappa shape index (κ1) is 22.2. The summed E-state index contributed by atoms with van der Waals surface area (Å²) in [6, 6.07) is 17.5.